The van der Waals surface area contributed by atoms with Gasteiger partial charge < -0.3 is 4.90 Å². The molecule has 2 rings (SSSR count). The van der Waals surface area contributed by atoms with Gasteiger partial charge in [-0.25, -0.2) is 0 Å². The number of rotatable bonds is 6. The summed E-state index contributed by atoms with van der Waals surface area (Å²) in [7, 11) is 0. The average molecular weight is 268 g/mol. The minimum absolute atomic E-state index is 0.188. The second-order valence-electron chi connectivity index (χ2n) is 4.14. The van der Waals surface area contributed by atoms with E-state index in [9.17, 15) is 4.79 Å². The molecule has 0 aliphatic carbocycles. The minimum Gasteiger partial charge on any atom is -0.330 e. The van der Waals surface area contributed by atoms with Crippen molar-refractivity contribution in [2.75, 3.05) is 13.1 Å². The zero-order chi connectivity index (χ0) is 14.4. The van der Waals surface area contributed by atoms with Gasteiger partial charge in [0.15, 0.2) is 5.69 Å². The SMILES string of the molecule is C=CCN(CC=C)C(=O)c1cnn(-c2ccccc2)n1. The number of carbonyl (C=O) groups excluding carboxylic acids is 1. The van der Waals surface area contributed by atoms with E-state index >= 15 is 0 Å². The summed E-state index contributed by atoms with van der Waals surface area (Å²) >= 11 is 0. The van der Waals surface area contributed by atoms with Crippen LogP contribution in [0.15, 0.2) is 61.8 Å². The van der Waals surface area contributed by atoms with Gasteiger partial charge in [0.25, 0.3) is 5.91 Å². The highest BCUT2D eigenvalue weighted by Crippen LogP contribution is 2.06. The first-order valence-corrected chi connectivity index (χ1v) is 6.25. The molecule has 5 nitrogen and oxygen atoms in total. The van der Waals surface area contributed by atoms with Gasteiger partial charge in [0.2, 0.25) is 0 Å². The maximum Gasteiger partial charge on any atom is 0.276 e. The predicted octanol–water partition coefficient (Wildman–Crippen LogP) is 2.08. The average Bonchev–Trinajstić information content (AvgIpc) is 2.97. The van der Waals surface area contributed by atoms with Crippen molar-refractivity contribution in [3.63, 3.8) is 0 Å². The topological polar surface area (TPSA) is 51.0 Å². The molecular weight excluding hydrogens is 252 g/mol. The number of aromatic nitrogens is 3. The van der Waals surface area contributed by atoms with Gasteiger partial charge >= 0.3 is 0 Å². The molecule has 0 bridgehead atoms. The molecule has 0 radical (unpaired) electrons. The summed E-state index contributed by atoms with van der Waals surface area (Å²) in [5, 5.41) is 8.33. The first-order chi connectivity index (χ1) is 9.76. The minimum atomic E-state index is -0.188. The van der Waals surface area contributed by atoms with Crippen LogP contribution < -0.4 is 0 Å². The van der Waals surface area contributed by atoms with Crippen molar-refractivity contribution in [2.24, 2.45) is 0 Å². The van der Waals surface area contributed by atoms with Gasteiger partial charge in [0.05, 0.1) is 11.9 Å². The van der Waals surface area contributed by atoms with Crippen LogP contribution in [0.1, 0.15) is 10.5 Å². The second-order valence-corrected chi connectivity index (χ2v) is 4.14. The van der Waals surface area contributed by atoms with Gasteiger partial charge in [-0.1, -0.05) is 30.4 Å². The smallest absolute Gasteiger partial charge is 0.276 e. The van der Waals surface area contributed by atoms with Crippen LogP contribution in [0.2, 0.25) is 0 Å². The molecule has 0 unspecified atom stereocenters. The van der Waals surface area contributed by atoms with Gasteiger partial charge in [0.1, 0.15) is 0 Å². The van der Waals surface area contributed by atoms with Gasteiger partial charge in [-0.3, -0.25) is 4.79 Å². The van der Waals surface area contributed by atoms with E-state index in [2.05, 4.69) is 23.4 Å². The molecule has 0 spiro atoms. The molecule has 1 aromatic carbocycles. The summed E-state index contributed by atoms with van der Waals surface area (Å²) < 4.78 is 0. The molecule has 102 valence electrons. The molecule has 0 aliphatic heterocycles. The number of para-hydroxylation sites is 1. The van der Waals surface area contributed by atoms with E-state index in [1.165, 1.54) is 11.0 Å². The normalized spacial score (nSPS) is 10.0. The standard InChI is InChI=1S/C15H16N4O/c1-3-10-18(11-4-2)15(20)14-12-16-19(17-14)13-8-6-5-7-9-13/h3-9,12H,1-2,10-11H2. The molecule has 0 aliphatic rings. The van der Waals surface area contributed by atoms with Crippen molar-refractivity contribution < 1.29 is 4.79 Å². The first-order valence-electron chi connectivity index (χ1n) is 6.25. The fourth-order valence-corrected chi connectivity index (χ4v) is 1.76. The van der Waals surface area contributed by atoms with Crippen LogP contribution in [-0.4, -0.2) is 38.9 Å². The lowest BCUT2D eigenvalue weighted by Crippen LogP contribution is -2.31. The highest BCUT2D eigenvalue weighted by Gasteiger charge is 2.17. The third kappa shape index (κ3) is 3.00. The maximum absolute atomic E-state index is 12.3. The van der Waals surface area contributed by atoms with E-state index in [4.69, 9.17) is 0 Å². The Hall–Kier alpha value is -2.69. The summed E-state index contributed by atoms with van der Waals surface area (Å²) in [6, 6.07) is 9.44. The summed E-state index contributed by atoms with van der Waals surface area (Å²) in [5.41, 5.74) is 1.11. The van der Waals surface area contributed by atoms with Crippen molar-refractivity contribution in [2.45, 2.75) is 0 Å². The summed E-state index contributed by atoms with van der Waals surface area (Å²) in [6.45, 7) is 8.18. The van der Waals surface area contributed by atoms with Crippen molar-refractivity contribution in [1.82, 2.24) is 19.9 Å². The molecule has 1 amide bonds. The Bertz CT molecular complexity index is 593. The number of nitrogens with zero attached hydrogens (tertiary/aromatic N) is 4. The van der Waals surface area contributed by atoms with E-state index < -0.39 is 0 Å². The van der Waals surface area contributed by atoms with E-state index in [1.807, 2.05) is 30.3 Å². The van der Waals surface area contributed by atoms with Crippen LogP contribution in [-0.2, 0) is 0 Å². The highest BCUT2D eigenvalue weighted by molar-refractivity contribution is 5.92. The lowest BCUT2D eigenvalue weighted by Gasteiger charge is -2.17. The Morgan fingerprint density at radius 2 is 1.85 bits per heavy atom. The maximum atomic E-state index is 12.3. The first kappa shape index (κ1) is 13.7. The van der Waals surface area contributed by atoms with Crippen LogP contribution in [0.4, 0.5) is 0 Å². The molecule has 2 aromatic rings. The lowest BCUT2D eigenvalue weighted by atomic mass is 10.3. The van der Waals surface area contributed by atoms with Crippen molar-refractivity contribution in [3.8, 4) is 5.69 Å². The number of benzene rings is 1. The summed E-state index contributed by atoms with van der Waals surface area (Å²) in [6.07, 6.45) is 4.81. The van der Waals surface area contributed by atoms with Crippen LogP contribution in [0.5, 0.6) is 0 Å². The molecule has 20 heavy (non-hydrogen) atoms. The third-order valence-corrected chi connectivity index (χ3v) is 2.68. The largest absolute Gasteiger partial charge is 0.330 e. The molecule has 0 saturated heterocycles. The Kier molecular flexibility index (Phi) is 4.44. The molecule has 0 saturated carbocycles. The second kappa shape index (κ2) is 6.47. The zero-order valence-electron chi connectivity index (χ0n) is 11.1. The number of amides is 1. The number of hydrogen-bond acceptors (Lipinski definition) is 3. The van der Waals surface area contributed by atoms with E-state index in [0.717, 1.165) is 5.69 Å². The van der Waals surface area contributed by atoms with Crippen LogP contribution in [0.25, 0.3) is 5.69 Å². The van der Waals surface area contributed by atoms with Crippen LogP contribution >= 0.6 is 0 Å². The molecule has 1 heterocycles. The van der Waals surface area contributed by atoms with Gasteiger partial charge in [-0.15, -0.1) is 18.3 Å². The molecule has 1 aromatic heterocycles. The Labute approximate surface area is 117 Å². The fourth-order valence-electron chi connectivity index (χ4n) is 1.76. The molecule has 0 N–H and O–H groups in total. The van der Waals surface area contributed by atoms with Crippen LogP contribution in [0.3, 0.4) is 0 Å². The van der Waals surface area contributed by atoms with Crippen LogP contribution in [0, 0.1) is 0 Å². The van der Waals surface area contributed by atoms with E-state index in [-0.39, 0.29) is 5.91 Å². The lowest BCUT2D eigenvalue weighted by molar-refractivity contribution is 0.0784. The van der Waals surface area contributed by atoms with Crippen molar-refractivity contribution >= 4 is 5.91 Å². The van der Waals surface area contributed by atoms with Crippen molar-refractivity contribution in [3.05, 3.63) is 67.5 Å². The molecule has 0 atom stereocenters. The Morgan fingerprint density at radius 3 is 2.45 bits per heavy atom. The van der Waals surface area contributed by atoms with Gasteiger partial charge in [0, 0.05) is 13.1 Å². The fraction of sp³-hybridized carbons (Fsp3) is 0.133. The van der Waals surface area contributed by atoms with E-state index in [0.29, 0.717) is 18.8 Å². The summed E-state index contributed by atoms with van der Waals surface area (Å²) in [5.74, 6) is -0.188. The molecular formula is C15H16N4O. The van der Waals surface area contributed by atoms with Gasteiger partial charge in [-0.2, -0.15) is 9.90 Å². The van der Waals surface area contributed by atoms with Gasteiger partial charge in [-0.05, 0) is 12.1 Å². The zero-order valence-corrected chi connectivity index (χ0v) is 11.1. The predicted molar refractivity (Wildman–Crippen MR) is 77.7 cm³/mol. The quantitative estimate of drug-likeness (QED) is 0.754. The van der Waals surface area contributed by atoms with E-state index in [1.54, 1.807) is 17.1 Å². The number of carbonyl (C=O) groups is 1. The van der Waals surface area contributed by atoms with Crippen molar-refractivity contribution in [1.29, 1.82) is 0 Å². The monoisotopic (exact) mass is 268 g/mol. The Balaban J connectivity index is 2.21. The Morgan fingerprint density at radius 1 is 1.20 bits per heavy atom. The number of hydrogen-bond donors (Lipinski definition) is 0. The molecule has 0 fully saturated rings. The third-order valence-electron chi connectivity index (χ3n) is 2.68. The highest BCUT2D eigenvalue weighted by atomic mass is 16.2. The summed E-state index contributed by atoms with van der Waals surface area (Å²) in [4.78, 5) is 15.3. The molecule has 5 heteroatoms.